The number of anilines is 1. The lowest BCUT2D eigenvalue weighted by molar-refractivity contribution is -0.122. The number of nitrogens with two attached hydrogens (primary N) is 1. The quantitative estimate of drug-likeness (QED) is 0.871. The molecular formula is C20H33N3O. The van der Waals surface area contributed by atoms with Crippen molar-refractivity contribution in [2.45, 2.75) is 66.0 Å². The zero-order chi connectivity index (χ0) is 17.9. The number of para-hydroxylation sites is 1. The van der Waals surface area contributed by atoms with Crippen molar-refractivity contribution in [1.82, 2.24) is 4.90 Å². The molecule has 1 aromatic carbocycles. The molecule has 134 valence electrons. The van der Waals surface area contributed by atoms with Gasteiger partial charge in [-0.2, -0.15) is 0 Å². The van der Waals surface area contributed by atoms with E-state index in [9.17, 15) is 4.79 Å². The van der Waals surface area contributed by atoms with Crippen molar-refractivity contribution in [2.24, 2.45) is 11.1 Å². The maximum Gasteiger partial charge on any atom is 0.241 e. The summed E-state index contributed by atoms with van der Waals surface area (Å²) in [6.45, 7) is 12.4. The molecule has 1 aliphatic rings. The van der Waals surface area contributed by atoms with E-state index in [-0.39, 0.29) is 23.4 Å². The first kappa shape index (κ1) is 18.9. The van der Waals surface area contributed by atoms with Gasteiger partial charge < -0.3 is 11.1 Å². The lowest BCUT2D eigenvalue weighted by Crippen LogP contribution is -2.56. The molecule has 1 fully saturated rings. The van der Waals surface area contributed by atoms with Gasteiger partial charge in [0.2, 0.25) is 5.91 Å². The van der Waals surface area contributed by atoms with Gasteiger partial charge in [-0.05, 0) is 42.7 Å². The monoisotopic (exact) mass is 331 g/mol. The Labute approximate surface area is 146 Å². The number of rotatable bonds is 5. The van der Waals surface area contributed by atoms with Crippen molar-refractivity contribution in [3.05, 3.63) is 29.3 Å². The number of likely N-dealkylation sites (tertiary alicyclic amines) is 1. The van der Waals surface area contributed by atoms with E-state index in [1.807, 2.05) is 6.92 Å². The Hall–Kier alpha value is -1.39. The van der Waals surface area contributed by atoms with Crippen LogP contribution in [0.1, 0.15) is 52.2 Å². The average molecular weight is 332 g/mol. The molecule has 1 aromatic rings. The summed E-state index contributed by atoms with van der Waals surface area (Å²) in [7, 11) is 0. The average Bonchev–Trinajstić information content (AvgIpc) is 2.56. The van der Waals surface area contributed by atoms with Gasteiger partial charge in [0, 0.05) is 24.8 Å². The number of benzene rings is 1. The predicted molar refractivity (Wildman–Crippen MR) is 101 cm³/mol. The lowest BCUT2D eigenvalue weighted by Gasteiger charge is -2.44. The highest BCUT2D eigenvalue weighted by Gasteiger charge is 2.36. The minimum Gasteiger partial charge on any atom is -0.327 e. The fourth-order valence-electron chi connectivity index (χ4n) is 3.54. The summed E-state index contributed by atoms with van der Waals surface area (Å²) in [6.07, 6.45) is 2.78. The van der Waals surface area contributed by atoms with E-state index in [1.165, 1.54) is 11.1 Å². The molecule has 24 heavy (non-hydrogen) atoms. The summed E-state index contributed by atoms with van der Waals surface area (Å²) in [5.74, 6) is 0.0804. The summed E-state index contributed by atoms with van der Waals surface area (Å²) in [6, 6.07) is 6.33. The predicted octanol–water partition coefficient (Wildman–Crippen LogP) is 3.20. The van der Waals surface area contributed by atoms with E-state index in [0.29, 0.717) is 0 Å². The molecule has 0 spiro atoms. The molecule has 0 aromatic heterocycles. The topological polar surface area (TPSA) is 58.4 Å². The van der Waals surface area contributed by atoms with Crippen LogP contribution in [0.4, 0.5) is 5.69 Å². The van der Waals surface area contributed by atoms with Gasteiger partial charge in [0.1, 0.15) is 0 Å². The third-order valence-electron chi connectivity index (χ3n) is 5.52. The van der Waals surface area contributed by atoms with Crippen molar-refractivity contribution in [1.29, 1.82) is 0 Å². The Morgan fingerprint density at radius 1 is 1.33 bits per heavy atom. The Bertz CT molecular complexity index is 560. The van der Waals surface area contributed by atoms with Crippen LogP contribution >= 0.6 is 0 Å². The fraction of sp³-hybridized carbons (Fsp3) is 0.650. The van der Waals surface area contributed by atoms with Gasteiger partial charge in [-0.25, -0.2) is 0 Å². The van der Waals surface area contributed by atoms with Crippen molar-refractivity contribution < 1.29 is 4.79 Å². The molecule has 0 radical (unpaired) electrons. The van der Waals surface area contributed by atoms with Crippen molar-refractivity contribution in [3.8, 4) is 0 Å². The lowest BCUT2D eigenvalue weighted by atomic mass is 9.79. The highest BCUT2D eigenvalue weighted by Crippen LogP contribution is 2.29. The van der Waals surface area contributed by atoms with Gasteiger partial charge in [-0.1, -0.05) is 45.9 Å². The van der Waals surface area contributed by atoms with Crippen LogP contribution in [0, 0.1) is 5.41 Å². The number of nitrogens with one attached hydrogen (secondary N) is 1. The molecule has 1 aliphatic heterocycles. The van der Waals surface area contributed by atoms with Gasteiger partial charge in [-0.15, -0.1) is 0 Å². The number of carbonyl (C=O) groups excluding carboxylic acids is 1. The first-order chi connectivity index (χ1) is 11.3. The third kappa shape index (κ3) is 3.98. The Morgan fingerprint density at radius 3 is 2.42 bits per heavy atom. The highest BCUT2D eigenvalue weighted by atomic mass is 16.2. The zero-order valence-electron chi connectivity index (χ0n) is 15.9. The van der Waals surface area contributed by atoms with Gasteiger partial charge >= 0.3 is 0 Å². The van der Waals surface area contributed by atoms with Gasteiger partial charge in [0.05, 0.1) is 6.04 Å². The van der Waals surface area contributed by atoms with Crippen LogP contribution in [0.2, 0.25) is 0 Å². The van der Waals surface area contributed by atoms with E-state index in [1.54, 1.807) is 0 Å². The number of nitrogens with zero attached hydrogens (tertiary/aromatic N) is 1. The minimum atomic E-state index is -0.147. The Kier molecular flexibility index (Phi) is 6.05. The summed E-state index contributed by atoms with van der Waals surface area (Å²) < 4.78 is 0. The van der Waals surface area contributed by atoms with Crippen LogP contribution in [0.5, 0.6) is 0 Å². The van der Waals surface area contributed by atoms with E-state index >= 15 is 0 Å². The minimum absolute atomic E-state index is 0.0443. The molecule has 1 saturated heterocycles. The fourth-order valence-corrected chi connectivity index (χ4v) is 3.54. The third-order valence-corrected chi connectivity index (χ3v) is 5.52. The molecule has 2 unspecified atom stereocenters. The molecule has 4 nitrogen and oxygen atoms in total. The van der Waals surface area contributed by atoms with Crippen LogP contribution in [-0.4, -0.2) is 36.0 Å². The molecule has 0 saturated carbocycles. The van der Waals surface area contributed by atoms with Crippen molar-refractivity contribution in [3.63, 3.8) is 0 Å². The normalized spacial score (nSPS) is 22.2. The van der Waals surface area contributed by atoms with Crippen LogP contribution in [0.3, 0.4) is 0 Å². The first-order valence-electron chi connectivity index (χ1n) is 9.21. The molecule has 4 heteroatoms. The second-order valence-electron chi connectivity index (χ2n) is 7.68. The maximum atomic E-state index is 12.9. The second-order valence-corrected chi connectivity index (χ2v) is 7.68. The maximum absolute atomic E-state index is 12.9. The number of carbonyl (C=O) groups is 1. The molecule has 1 amide bonds. The summed E-state index contributed by atoms with van der Waals surface area (Å²) in [4.78, 5) is 15.1. The molecule has 0 bridgehead atoms. The molecule has 1 heterocycles. The smallest absolute Gasteiger partial charge is 0.241 e. The first-order valence-corrected chi connectivity index (χ1v) is 9.21. The standard InChI is InChI=1S/C20H33N3O/c1-6-15-9-8-10-16(7-2)18(15)22-19(24)14(3)23-12-11-17(21)20(4,5)13-23/h8-10,14,17H,6-7,11-13,21H2,1-5H3,(H,22,24). The van der Waals surface area contributed by atoms with Crippen LogP contribution in [0.15, 0.2) is 18.2 Å². The SMILES string of the molecule is CCc1cccc(CC)c1NC(=O)C(C)N1CCC(N)C(C)(C)C1. The molecular weight excluding hydrogens is 298 g/mol. The summed E-state index contributed by atoms with van der Waals surface area (Å²) in [5, 5.41) is 3.20. The van der Waals surface area contributed by atoms with Crippen LogP contribution in [-0.2, 0) is 17.6 Å². The Morgan fingerprint density at radius 2 is 1.92 bits per heavy atom. The van der Waals surface area contributed by atoms with Gasteiger partial charge in [0.15, 0.2) is 0 Å². The highest BCUT2D eigenvalue weighted by molar-refractivity contribution is 5.96. The van der Waals surface area contributed by atoms with E-state index in [2.05, 4.69) is 56.1 Å². The van der Waals surface area contributed by atoms with Crippen LogP contribution in [0.25, 0.3) is 0 Å². The molecule has 2 atom stereocenters. The van der Waals surface area contributed by atoms with E-state index in [4.69, 9.17) is 5.73 Å². The molecule has 0 aliphatic carbocycles. The number of amides is 1. The van der Waals surface area contributed by atoms with Crippen molar-refractivity contribution in [2.75, 3.05) is 18.4 Å². The number of aryl methyl sites for hydroxylation is 2. The second kappa shape index (κ2) is 7.66. The zero-order valence-corrected chi connectivity index (χ0v) is 15.9. The van der Waals surface area contributed by atoms with E-state index in [0.717, 1.165) is 38.0 Å². The van der Waals surface area contributed by atoms with Gasteiger partial charge in [0.25, 0.3) is 0 Å². The Balaban J connectivity index is 2.13. The summed E-state index contributed by atoms with van der Waals surface area (Å²) in [5.41, 5.74) is 9.68. The van der Waals surface area contributed by atoms with Gasteiger partial charge in [-0.3, -0.25) is 9.69 Å². The molecule has 2 rings (SSSR count). The number of hydrogen-bond donors (Lipinski definition) is 2. The summed E-state index contributed by atoms with van der Waals surface area (Å²) >= 11 is 0. The number of hydrogen-bond acceptors (Lipinski definition) is 3. The molecule has 3 N–H and O–H groups in total. The largest absolute Gasteiger partial charge is 0.327 e. The number of piperidine rings is 1. The van der Waals surface area contributed by atoms with Crippen molar-refractivity contribution >= 4 is 11.6 Å². The van der Waals surface area contributed by atoms with Crippen LogP contribution < -0.4 is 11.1 Å². The van der Waals surface area contributed by atoms with E-state index < -0.39 is 0 Å².